The highest BCUT2D eigenvalue weighted by molar-refractivity contribution is 5.95. The lowest BCUT2D eigenvalue weighted by Crippen LogP contribution is -2.46. The van der Waals surface area contributed by atoms with Crippen molar-refractivity contribution in [2.45, 2.75) is 25.8 Å². The molecule has 3 rings (SSSR count). The average Bonchev–Trinajstić information content (AvgIpc) is 2.75. The number of hydrogen-bond donors (Lipinski definition) is 2. The summed E-state index contributed by atoms with van der Waals surface area (Å²) in [5.74, 6) is -0.199. The van der Waals surface area contributed by atoms with Crippen molar-refractivity contribution in [2.75, 3.05) is 25.0 Å². The van der Waals surface area contributed by atoms with Crippen LogP contribution in [0.25, 0.3) is 0 Å². The fourth-order valence-electron chi connectivity index (χ4n) is 3.12. The highest BCUT2D eigenvalue weighted by Gasteiger charge is 2.24. The van der Waals surface area contributed by atoms with Crippen LogP contribution in [0, 0.1) is 11.3 Å². The van der Waals surface area contributed by atoms with Gasteiger partial charge in [0.25, 0.3) is 5.91 Å². The van der Waals surface area contributed by atoms with E-state index >= 15 is 0 Å². The molecule has 29 heavy (non-hydrogen) atoms. The quantitative estimate of drug-likeness (QED) is 0.808. The van der Waals surface area contributed by atoms with Crippen molar-refractivity contribution in [1.82, 2.24) is 15.2 Å². The number of nitrogens with zero attached hydrogens (tertiary/aromatic N) is 3. The van der Waals surface area contributed by atoms with Gasteiger partial charge >= 0.3 is 6.09 Å². The Morgan fingerprint density at radius 1 is 1.21 bits per heavy atom. The number of aromatic nitrogens is 1. The number of pyridine rings is 1. The van der Waals surface area contributed by atoms with Crippen LogP contribution in [0.1, 0.15) is 35.7 Å². The molecule has 0 radical (unpaired) electrons. The van der Waals surface area contributed by atoms with Crippen LogP contribution in [0.5, 0.6) is 0 Å². The molecule has 0 aliphatic carbocycles. The third-order valence-corrected chi connectivity index (χ3v) is 4.66. The Morgan fingerprint density at radius 3 is 2.59 bits per heavy atom. The van der Waals surface area contributed by atoms with Crippen molar-refractivity contribution < 1.29 is 14.3 Å². The SMILES string of the molecule is CCOC(=O)N1CCC(NC(=O)c2cncc(Nc3ccc(C#N)cc3)c2)CC1. The summed E-state index contributed by atoms with van der Waals surface area (Å²) in [4.78, 5) is 30.2. The van der Waals surface area contributed by atoms with Gasteiger partial charge in [-0.1, -0.05) is 0 Å². The smallest absolute Gasteiger partial charge is 0.409 e. The van der Waals surface area contributed by atoms with Crippen LogP contribution in [-0.4, -0.2) is 47.6 Å². The fourth-order valence-corrected chi connectivity index (χ4v) is 3.12. The van der Waals surface area contributed by atoms with Gasteiger partial charge in [-0.25, -0.2) is 4.79 Å². The molecule has 8 nitrogen and oxygen atoms in total. The zero-order chi connectivity index (χ0) is 20.6. The Kier molecular flexibility index (Phi) is 6.63. The predicted octanol–water partition coefficient (Wildman–Crippen LogP) is 3.05. The number of ether oxygens (including phenoxy) is 1. The lowest BCUT2D eigenvalue weighted by atomic mass is 10.0. The van der Waals surface area contributed by atoms with Crippen molar-refractivity contribution in [3.63, 3.8) is 0 Å². The van der Waals surface area contributed by atoms with Crippen LogP contribution in [0.2, 0.25) is 0 Å². The largest absolute Gasteiger partial charge is 0.450 e. The van der Waals surface area contributed by atoms with Gasteiger partial charge in [-0.3, -0.25) is 9.78 Å². The topological polar surface area (TPSA) is 107 Å². The Morgan fingerprint density at radius 2 is 1.93 bits per heavy atom. The third-order valence-electron chi connectivity index (χ3n) is 4.66. The Labute approximate surface area is 169 Å². The van der Waals surface area contributed by atoms with Crippen LogP contribution in [0.4, 0.5) is 16.2 Å². The van der Waals surface area contributed by atoms with Crippen molar-refractivity contribution in [3.8, 4) is 6.07 Å². The van der Waals surface area contributed by atoms with Crippen LogP contribution in [0.15, 0.2) is 42.7 Å². The number of anilines is 2. The molecule has 2 amide bonds. The van der Waals surface area contributed by atoms with Crippen LogP contribution < -0.4 is 10.6 Å². The van der Waals surface area contributed by atoms with E-state index in [1.807, 2.05) is 0 Å². The minimum Gasteiger partial charge on any atom is -0.450 e. The minimum absolute atomic E-state index is 0.00307. The molecule has 1 saturated heterocycles. The van der Waals surface area contributed by atoms with E-state index in [0.29, 0.717) is 49.4 Å². The first-order valence-corrected chi connectivity index (χ1v) is 9.54. The van der Waals surface area contributed by atoms with E-state index in [0.717, 1.165) is 5.69 Å². The van der Waals surface area contributed by atoms with Crippen LogP contribution >= 0.6 is 0 Å². The number of nitriles is 1. The molecule has 0 unspecified atom stereocenters. The van der Waals surface area contributed by atoms with Gasteiger partial charge in [-0.05, 0) is 50.1 Å². The van der Waals surface area contributed by atoms with Gasteiger partial charge in [0, 0.05) is 31.0 Å². The molecule has 1 fully saturated rings. The van der Waals surface area contributed by atoms with Gasteiger partial charge in [0.1, 0.15) is 0 Å². The first-order chi connectivity index (χ1) is 14.1. The summed E-state index contributed by atoms with van der Waals surface area (Å²) >= 11 is 0. The molecular formula is C21H23N5O3. The molecule has 150 valence electrons. The molecule has 0 spiro atoms. The maximum absolute atomic E-state index is 12.6. The number of piperidine rings is 1. The highest BCUT2D eigenvalue weighted by atomic mass is 16.6. The lowest BCUT2D eigenvalue weighted by molar-refractivity contribution is 0.0860. The van der Waals surface area contributed by atoms with Gasteiger partial charge in [0.2, 0.25) is 0 Å². The van der Waals surface area contributed by atoms with Gasteiger partial charge in [-0.15, -0.1) is 0 Å². The monoisotopic (exact) mass is 393 g/mol. The number of likely N-dealkylation sites (tertiary alicyclic amines) is 1. The molecule has 0 bridgehead atoms. The van der Waals surface area contributed by atoms with Crippen molar-refractivity contribution in [3.05, 3.63) is 53.9 Å². The number of carbonyl (C=O) groups excluding carboxylic acids is 2. The van der Waals surface area contributed by atoms with E-state index in [2.05, 4.69) is 21.7 Å². The van der Waals surface area contributed by atoms with E-state index in [9.17, 15) is 9.59 Å². The molecule has 0 saturated carbocycles. The van der Waals surface area contributed by atoms with Crippen LogP contribution in [-0.2, 0) is 4.74 Å². The summed E-state index contributed by atoms with van der Waals surface area (Å²) in [6, 6.07) is 10.8. The molecule has 0 atom stereocenters. The summed E-state index contributed by atoms with van der Waals surface area (Å²) in [5.41, 5.74) is 2.52. The molecule has 1 aliphatic heterocycles. The maximum Gasteiger partial charge on any atom is 0.409 e. The van der Waals surface area contributed by atoms with Gasteiger partial charge in [0.05, 0.1) is 35.7 Å². The molecule has 2 aromatic rings. The summed E-state index contributed by atoms with van der Waals surface area (Å²) < 4.78 is 5.01. The van der Waals surface area contributed by atoms with Crippen molar-refractivity contribution >= 4 is 23.4 Å². The maximum atomic E-state index is 12.6. The second kappa shape index (κ2) is 9.55. The molecule has 1 aromatic carbocycles. The number of hydrogen-bond acceptors (Lipinski definition) is 6. The highest BCUT2D eigenvalue weighted by Crippen LogP contribution is 2.18. The molecule has 2 N–H and O–H groups in total. The third kappa shape index (κ3) is 5.45. The zero-order valence-electron chi connectivity index (χ0n) is 16.2. The lowest BCUT2D eigenvalue weighted by Gasteiger charge is -2.31. The van der Waals surface area contributed by atoms with E-state index in [-0.39, 0.29) is 18.0 Å². The van der Waals surface area contributed by atoms with Gasteiger partial charge < -0.3 is 20.3 Å². The number of amides is 2. The zero-order valence-corrected chi connectivity index (χ0v) is 16.2. The molecule has 1 aliphatic rings. The van der Waals surface area contributed by atoms with E-state index < -0.39 is 0 Å². The van der Waals surface area contributed by atoms with E-state index in [4.69, 9.17) is 10.00 Å². The summed E-state index contributed by atoms with van der Waals surface area (Å²) in [6.07, 6.45) is 4.21. The first kappa shape index (κ1) is 20.1. The molecular weight excluding hydrogens is 370 g/mol. The second-order valence-corrected chi connectivity index (χ2v) is 6.71. The fraction of sp³-hybridized carbons (Fsp3) is 0.333. The van der Waals surface area contributed by atoms with E-state index in [1.165, 1.54) is 6.20 Å². The Hall–Kier alpha value is -3.60. The first-order valence-electron chi connectivity index (χ1n) is 9.54. The van der Waals surface area contributed by atoms with Gasteiger partial charge in [0.15, 0.2) is 0 Å². The minimum atomic E-state index is -0.303. The number of carbonyl (C=O) groups is 2. The molecule has 2 heterocycles. The molecule has 8 heteroatoms. The summed E-state index contributed by atoms with van der Waals surface area (Å²) in [6.45, 7) is 3.25. The summed E-state index contributed by atoms with van der Waals surface area (Å²) in [5, 5.41) is 15.1. The number of rotatable bonds is 5. The van der Waals surface area contributed by atoms with Crippen molar-refractivity contribution in [2.24, 2.45) is 0 Å². The standard InChI is InChI=1S/C21H23N5O3/c1-2-29-21(28)26-9-7-18(8-10-26)25-20(27)16-11-19(14-23-13-16)24-17-5-3-15(12-22)4-6-17/h3-6,11,13-14,18,24H,2,7-10H2,1H3,(H,25,27). The van der Waals surface area contributed by atoms with Crippen molar-refractivity contribution in [1.29, 1.82) is 5.26 Å². The second-order valence-electron chi connectivity index (χ2n) is 6.71. The Balaban J connectivity index is 1.55. The normalized spacial score (nSPS) is 14.0. The number of benzene rings is 1. The summed E-state index contributed by atoms with van der Waals surface area (Å²) in [7, 11) is 0. The molecule has 1 aromatic heterocycles. The average molecular weight is 393 g/mol. The van der Waals surface area contributed by atoms with Crippen LogP contribution in [0.3, 0.4) is 0 Å². The van der Waals surface area contributed by atoms with E-state index in [1.54, 1.807) is 48.4 Å². The predicted molar refractivity (Wildman–Crippen MR) is 108 cm³/mol. The van der Waals surface area contributed by atoms with Gasteiger partial charge in [-0.2, -0.15) is 5.26 Å². The number of nitrogens with one attached hydrogen (secondary N) is 2. The Bertz CT molecular complexity index is 899.